The van der Waals surface area contributed by atoms with E-state index >= 15 is 0 Å². The summed E-state index contributed by atoms with van der Waals surface area (Å²) in [4.78, 5) is 15.4. The Kier molecular flexibility index (Phi) is 6.84. The van der Waals surface area contributed by atoms with Gasteiger partial charge in [0.25, 0.3) is 0 Å². The zero-order valence-corrected chi connectivity index (χ0v) is 30.3. The molecule has 0 unspecified atom stereocenters. The highest BCUT2D eigenvalue weighted by molar-refractivity contribution is 6.16. The number of hydrogen-bond acceptors (Lipinski definition) is 3. The Morgan fingerprint density at radius 3 is 1.74 bits per heavy atom. The first kappa shape index (κ1) is 31.4. The Hall–Kier alpha value is -6.39. The number of aromatic nitrogens is 4. The van der Waals surface area contributed by atoms with Crippen molar-refractivity contribution in [3.63, 3.8) is 0 Å². The summed E-state index contributed by atoms with van der Waals surface area (Å²) in [5.41, 5.74) is 11.3. The molecular weight excluding hydrogens is 645 g/mol. The van der Waals surface area contributed by atoms with Gasteiger partial charge in [0.2, 0.25) is 0 Å². The fourth-order valence-corrected chi connectivity index (χ4v) is 8.69. The van der Waals surface area contributed by atoms with Gasteiger partial charge in [0.05, 0.1) is 16.7 Å². The molecule has 4 nitrogen and oxygen atoms in total. The average molecular weight is 683 g/mol. The van der Waals surface area contributed by atoms with E-state index in [4.69, 9.17) is 15.0 Å². The van der Waals surface area contributed by atoms with E-state index in [0.29, 0.717) is 17.5 Å². The molecule has 254 valence electrons. The second kappa shape index (κ2) is 11.6. The lowest BCUT2D eigenvalue weighted by molar-refractivity contribution is 0.301. The molecule has 0 saturated heterocycles. The maximum Gasteiger partial charge on any atom is 0.166 e. The van der Waals surface area contributed by atoms with Crippen LogP contribution < -0.4 is 0 Å². The van der Waals surface area contributed by atoms with Crippen LogP contribution >= 0.6 is 0 Å². The maximum absolute atomic E-state index is 5.19. The molecule has 0 spiro atoms. The van der Waals surface area contributed by atoms with Gasteiger partial charge in [-0.2, -0.15) is 0 Å². The van der Waals surface area contributed by atoms with E-state index < -0.39 is 0 Å². The van der Waals surface area contributed by atoms with Gasteiger partial charge in [-0.25, -0.2) is 15.0 Å². The quantitative estimate of drug-likeness (QED) is 0.186. The van der Waals surface area contributed by atoms with Gasteiger partial charge < -0.3 is 4.57 Å². The molecule has 0 fully saturated rings. The van der Waals surface area contributed by atoms with Gasteiger partial charge in [0.15, 0.2) is 17.5 Å². The van der Waals surface area contributed by atoms with E-state index in [-0.39, 0.29) is 10.8 Å². The molecule has 0 amide bonds. The van der Waals surface area contributed by atoms with Crippen molar-refractivity contribution in [3.8, 4) is 51.0 Å². The average Bonchev–Trinajstić information content (AvgIpc) is 3.54. The molecule has 2 heterocycles. The SMILES string of the molecule is CC1(C)c2ccc3c4ccccc4n(-c4ccccc4-c4nc(-c5ccccc5)nc(-c5ccccc5)n4)c3c2-c2ccc3ccccc3c2C1(C)C. The van der Waals surface area contributed by atoms with E-state index in [2.05, 4.69) is 154 Å². The first-order chi connectivity index (χ1) is 25.8. The first-order valence-electron chi connectivity index (χ1n) is 18.4. The third kappa shape index (κ3) is 4.58. The molecule has 0 bridgehead atoms. The standard InChI is InChI=1S/C49H38N4/c1-48(2)39-30-29-36-35-23-13-15-25-40(35)53(44(36)42(39)38-28-27-31-17-11-12-22-34(31)43(38)49(48,3)4)41-26-16-14-24-37(41)47-51-45(32-18-7-5-8-19-32)50-46(52-47)33-20-9-6-10-21-33/h5-30H,1-4H3. The number of nitrogens with zero attached hydrogens (tertiary/aromatic N) is 4. The van der Waals surface area contributed by atoms with Crippen molar-refractivity contribution in [2.45, 2.75) is 38.5 Å². The Bertz CT molecular complexity index is 2820. The molecule has 9 aromatic rings. The normalized spacial score (nSPS) is 14.3. The lowest BCUT2D eigenvalue weighted by atomic mass is 9.54. The fraction of sp³-hybridized carbons (Fsp3) is 0.122. The molecule has 1 aliphatic carbocycles. The topological polar surface area (TPSA) is 43.6 Å². The summed E-state index contributed by atoms with van der Waals surface area (Å²) in [6.45, 7) is 9.69. The molecule has 4 heteroatoms. The highest BCUT2D eigenvalue weighted by Gasteiger charge is 2.47. The van der Waals surface area contributed by atoms with Crippen molar-refractivity contribution in [2.24, 2.45) is 0 Å². The molecule has 0 aliphatic heterocycles. The zero-order valence-electron chi connectivity index (χ0n) is 30.3. The second-order valence-corrected chi connectivity index (χ2v) is 15.3. The minimum atomic E-state index is -0.169. The van der Waals surface area contributed by atoms with Crippen LogP contribution in [-0.4, -0.2) is 19.5 Å². The zero-order chi connectivity index (χ0) is 35.9. The van der Waals surface area contributed by atoms with Gasteiger partial charge >= 0.3 is 0 Å². The van der Waals surface area contributed by atoms with Crippen molar-refractivity contribution in [2.75, 3.05) is 0 Å². The van der Waals surface area contributed by atoms with E-state index in [1.165, 1.54) is 49.3 Å². The van der Waals surface area contributed by atoms with Crippen LogP contribution in [0.4, 0.5) is 0 Å². The van der Waals surface area contributed by atoms with Crippen LogP contribution in [0.3, 0.4) is 0 Å². The van der Waals surface area contributed by atoms with E-state index in [1.54, 1.807) is 0 Å². The lowest BCUT2D eigenvalue weighted by Crippen LogP contribution is -2.43. The molecule has 1 aliphatic rings. The summed E-state index contributed by atoms with van der Waals surface area (Å²) in [6, 6.07) is 56.0. The van der Waals surface area contributed by atoms with Gasteiger partial charge in [-0.05, 0) is 51.1 Å². The van der Waals surface area contributed by atoms with Crippen LogP contribution in [0, 0.1) is 0 Å². The van der Waals surface area contributed by atoms with Crippen molar-refractivity contribution in [1.29, 1.82) is 0 Å². The van der Waals surface area contributed by atoms with Gasteiger partial charge in [0.1, 0.15) is 0 Å². The summed E-state index contributed by atoms with van der Waals surface area (Å²) in [5.74, 6) is 1.93. The van der Waals surface area contributed by atoms with Crippen LogP contribution in [0.1, 0.15) is 38.8 Å². The summed E-state index contributed by atoms with van der Waals surface area (Å²) >= 11 is 0. The van der Waals surface area contributed by atoms with Crippen molar-refractivity contribution in [1.82, 2.24) is 19.5 Å². The van der Waals surface area contributed by atoms with Crippen molar-refractivity contribution < 1.29 is 0 Å². The Labute approximate surface area is 309 Å². The summed E-state index contributed by atoms with van der Waals surface area (Å²) in [6.07, 6.45) is 0. The van der Waals surface area contributed by atoms with Crippen LogP contribution in [0.2, 0.25) is 0 Å². The van der Waals surface area contributed by atoms with Crippen molar-refractivity contribution in [3.05, 3.63) is 169 Å². The third-order valence-corrected chi connectivity index (χ3v) is 12.0. The van der Waals surface area contributed by atoms with Gasteiger partial charge in [-0.1, -0.05) is 167 Å². The predicted octanol–water partition coefficient (Wildman–Crippen LogP) is 12.4. The van der Waals surface area contributed by atoms with E-state index in [9.17, 15) is 0 Å². The third-order valence-electron chi connectivity index (χ3n) is 12.0. The van der Waals surface area contributed by atoms with Crippen molar-refractivity contribution >= 4 is 32.6 Å². The van der Waals surface area contributed by atoms with Gasteiger partial charge in [0, 0.05) is 38.4 Å². The molecule has 2 aromatic heterocycles. The smallest absolute Gasteiger partial charge is 0.166 e. The summed E-state index contributed by atoms with van der Waals surface area (Å²) in [5, 5.41) is 5.04. The van der Waals surface area contributed by atoms with Gasteiger partial charge in [-0.15, -0.1) is 0 Å². The number of rotatable bonds is 4. The number of para-hydroxylation sites is 2. The Balaban J connectivity index is 1.32. The fourth-order valence-electron chi connectivity index (χ4n) is 8.69. The molecule has 0 N–H and O–H groups in total. The van der Waals surface area contributed by atoms with Crippen LogP contribution in [0.5, 0.6) is 0 Å². The van der Waals surface area contributed by atoms with E-state index in [1.807, 2.05) is 36.4 Å². The molecule has 53 heavy (non-hydrogen) atoms. The number of hydrogen-bond donors (Lipinski definition) is 0. The minimum absolute atomic E-state index is 0.134. The molecule has 0 saturated carbocycles. The molecule has 0 atom stereocenters. The predicted molar refractivity (Wildman–Crippen MR) is 219 cm³/mol. The molecule has 10 rings (SSSR count). The highest BCUT2D eigenvalue weighted by atomic mass is 15.1. The summed E-state index contributed by atoms with van der Waals surface area (Å²) in [7, 11) is 0. The van der Waals surface area contributed by atoms with Crippen LogP contribution in [0.25, 0.3) is 83.6 Å². The maximum atomic E-state index is 5.19. The highest BCUT2D eigenvalue weighted by Crippen LogP contribution is 2.58. The largest absolute Gasteiger partial charge is 0.308 e. The number of benzene rings is 7. The van der Waals surface area contributed by atoms with E-state index in [0.717, 1.165) is 27.9 Å². The number of fused-ring (bicyclic) bond motifs is 9. The lowest BCUT2D eigenvalue weighted by Gasteiger charge is -2.49. The first-order valence-corrected chi connectivity index (χ1v) is 18.4. The Morgan fingerprint density at radius 1 is 0.434 bits per heavy atom. The van der Waals surface area contributed by atoms with Crippen LogP contribution in [-0.2, 0) is 10.8 Å². The van der Waals surface area contributed by atoms with Gasteiger partial charge in [-0.3, -0.25) is 0 Å². The molecule has 7 aromatic carbocycles. The Morgan fingerprint density at radius 2 is 1.02 bits per heavy atom. The minimum Gasteiger partial charge on any atom is -0.308 e. The molecular formula is C49H38N4. The summed E-state index contributed by atoms with van der Waals surface area (Å²) < 4.78 is 2.47. The molecule has 0 radical (unpaired) electrons. The monoisotopic (exact) mass is 682 g/mol. The second-order valence-electron chi connectivity index (χ2n) is 15.3. The van der Waals surface area contributed by atoms with Crippen LogP contribution in [0.15, 0.2) is 158 Å².